The summed E-state index contributed by atoms with van der Waals surface area (Å²) in [6.45, 7) is 6.76. The average molecular weight is 373 g/mol. The van der Waals surface area contributed by atoms with E-state index in [0.29, 0.717) is 5.92 Å². The van der Waals surface area contributed by atoms with Gasteiger partial charge in [-0.3, -0.25) is 0 Å². The lowest BCUT2D eigenvalue weighted by Gasteiger charge is -2.30. The predicted molar refractivity (Wildman–Crippen MR) is 88.6 cm³/mol. The molecule has 0 aliphatic heterocycles. The molecular formula is C15H24IN3. The number of rotatable bonds is 3. The number of hydrogen-bond donors (Lipinski definition) is 1. The van der Waals surface area contributed by atoms with Crippen molar-refractivity contribution in [3.8, 4) is 0 Å². The third-order valence-corrected chi connectivity index (χ3v) is 5.64. The first kappa shape index (κ1) is 15.0. The fourth-order valence-electron chi connectivity index (χ4n) is 2.97. The zero-order chi connectivity index (χ0) is 14.0. The highest BCUT2D eigenvalue weighted by Crippen LogP contribution is 2.38. The van der Waals surface area contributed by atoms with E-state index < -0.39 is 0 Å². The van der Waals surface area contributed by atoms with E-state index in [-0.39, 0.29) is 0 Å². The summed E-state index contributed by atoms with van der Waals surface area (Å²) in [5, 5.41) is 3.18. The van der Waals surface area contributed by atoms with Crippen LogP contribution in [-0.4, -0.2) is 17.0 Å². The highest BCUT2D eigenvalue weighted by atomic mass is 127. The Bertz CT molecular complexity index is 437. The number of halogens is 1. The van der Waals surface area contributed by atoms with Crippen LogP contribution in [-0.2, 0) is 0 Å². The maximum Gasteiger partial charge on any atom is 0.143 e. The molecular weight excluding hydrogens is 349 g/mol. The SMILES string of the molecule is CNc1nc(C2CCC(C(C)C)CC2)nc(C)c1I. The van der Waals surface area contributed by atoms with Gasteiger partial charge in [0.2, 0.25) is 0 Å². The van der Waals surface area contributed by atoms with Crippen LogP contribution in [0.4, 0.5) is 5.82 Å². The van der Waals surface area contributed by atoms with Gasteiger partial charge in [-0.05, 0) is 67.0 Å². The van der Waals surface area contributed by atoms with Gasteiger partial charge in [-0.2, -0.15) is 0 Å². The summed E-state index contributed by atoms with van der Waals surface area (Å²) < 4.78 is 1.14. The van der Waals surface area contributed by atoms with Crippen LogP contribution in [0.2, 0.25) is 0 Å². The molecule has 1 aliphatic carbocycles. The summed E-state index contributed by atoms with van der Waals surface area (Å²) in [7, 11) is 1.93. The van der Waals surface area contributed by atoms with Gasteiger partial charge in [0.25, 0.3) is 0 Å². The average Bonchev–Trinajstić information content (AvgIpc) is 2.41. The molecule has 0 aromatic carbocycles. The first-order valence-electron chi connectivity index (χ1n) is 7.24. The van der Waals surface area contributed by atoms with Crippen molar-refractivity contribution in [3.63, 3.8) is 0 Å². The monoisotopic (exact) mass is 373 g/mol. The lowest BCUT2D eigenvalue weighted by atomic mass is 9.77. The van der Waals surface area contributed by atoms with Crippen molar-refractivity contribution in [1.82, 2.24) is 9.97 Å². The van der Waals surface area contributed by atoms with E-state index in [0.717, 1.165) is 32.7 Å². The standard InChI is InChI=1S/C15H24IN3/c1-9(2)11-5-7-12(8-6-11)14-18-10(3)13(16)15(17-4)19-14/h9,11-12H,5-8H2,1-4H3,(H,17,18,19). The second kappa shape index (κ2) is 6.37. The minimum absolute atomic E-state index is 0.554. The molecule has 0 radical (unpaired) electrons. The van der Waals surface area contributed by atoms with Crippen LogP contribution in [0, 0.1) is 22.3 Å². The minimum atomic E-state index is 0.554. The van der Waals surface area contributed by atoms with Gasteiger partial charge in [0.1, 0.15) is 11.6 Å². The molecule has 1 fully saturated rings. The molecule has 0 spiro atoms. The maximum atomic E-state index is 4.72. The van der Waals surface area contributed by atoms with Crippen molar-refractivity contribution in [2.45, 2.75) is 52.4 Å². The van der Waals surface area contributed by atoms with Crippen molar-refractivity contribution in [2.75, 3.05) is 12.4 Å². The van der Waals surface area contributed by atoms with Gasteiger partial charge in [-0.15, -0.1) is 0 Å². The predicted octanol–water partition coefficient (Wildman–Crippen LogP) is 4.36. The summed E-state index contributed by atoms with van der Waals surface area (Å²) in [5.41, 5.74) is 1.10. The highest BCUT2D eigenvalue weighted by molar-refractivity contribution is 14.1. The Labute approximate surface area is 130 Å². The number of aromatic nitrogens is 2. The van der Waals surface area contributed by atoms with Gasteiger partial charge in [0, 0.05) is 13.0 Å². The third-order valence-electron chi connectivity index (χ3n) is 4.35. The summed E-state index contributed by atoms with van der Waals surface area (Å²) in [4.78, 5) is 9.43. The Hall–Kier alpha value is -0.390. The number of nitrogens with one attached hydrogen (secondary N) is 1. The van der Waals surface area contributed by atoms with Gasteiger partial charge in [0.15, 0.2) is 0 Å². The van der Waals surface area contributed by atoms with Crippen molar-refractivity contribution in [1.29, 1.82) is 0 Å². The normalized spacial score (nSPS) is 23.7. The second-order valence-electron chi connectivity index (χ2n) is 5.94. The molecule has 106 valence electrons. The second-order valence-corrected chi connectivity index (χ2v) is 7.01. The van der Waals surface area contributed by atoms with Crippen molar-refractivity contribution in [2.24, 2.45) is 11.8 Å². The first-order valence-corrected chi connectivity index (χ1v) is 8.32. The van der Waals surface area contributed by atoms with Gasteiger partial charge < -0.3 is 5.32 Å². The Kier molecular flexibility index (Phi) is 5.03. The maximum absolute atomic E-state index is 4.72. The summed E-state index contributed by atoms with van der Waals surface area (Å²) >= 11 is 2.32. The third kappa shape index (κ3) is 3.38. The topological polar surface area (TPSA) is 37.8 Å². The van der Waals surface area contributed by atoms with E-state index in [4.69, 9.17) is 9.97 Å². The van der Waals surface area contributed by atoms with Gasteiger partial charge in [-0.1, -0.05) is 13.8 Å². The fourth-order valence-corrected chi connectivity index (χ4v) is 3.48. The Morgan fingerprint density at radius 1 is 1.16 bits per heavy atom. The van der Waals surface area contributed by atoms with E-state index in [1.165, 1.54) is 25.7 Å². The van der Waals surface area contributed by atoms with E-state index >= 15 is 0 Å². The van der Waals surface area contributed by atoms with Crippen molar-refractivity contribution >= 4 is 28.4 Å². The van der Waals surface area contributed by atoms with Crippen LogP contribution in [0.5, 0.6) is 0 Å². The zero-order valence-electron chi connectivity index (χ0n) is 12.3. The molecule has 3 nitrogen and oxygen atoms in total. The summed E-state index contributed by atoms with van der Waals surface area (Å²) in [6.07, 6.45) is 5.13. The number of aryl methyl sites for hydroxylation is 1. The van der Waals surface area contributed by atoms with Crippen molar-refractivity contribution in [3.05, 3.63) is 15.1 Å². The van der Waals surface area contributed by atoms with Crippen LogP contribution >= 0.6 is 22.6 Å². The molecule has 1 saturated carbocycles. The molecule has 0 amide bonds. The molecule has 1 heterocycles. The Morgan fingerprint density at radius 3 is 2.32 bits per heavy atom. The lowest BCUT2D eigenvalue weighted by Crippen LogP contribution is -2.19. The Balaban J connectivity index is 2.13. The molecule has 4 heteroatoms. The fraction of sp³-hybridized carbons (Fsp3) is 0.733. The molecule has 0 bridgehead atoms. The molecule has 2 rings (SSSR count). The molecule has 1 aromatic heterocycles. The first-order chi connectivity index (χ1) is 9.02. The minimum Gasteiger partial charge on any atom is -0.372 e. The van der Waals surface area contributed by atoms with Crippen LogP contribution in [0.3, 0.4) is 0 Å². The molecule has 0 unspecified atom stereocenters. The van der Waals surface area contributed by atoms with E-state index in [1.807, 2.05) is 7.05 Å². The number of anilines is 1. The van der Waals surface area contributed by atoms with E-state index in [2.05, 4.69) is 48.7 Å². The van der Waals surface area contributed by atoms with Gasteiger partial charge in [-0.25, -0.2) is 9.97 Å². The van der Waals surface area contributed by atoms with Crippen LogP contribution in [0.25, 0.3) is 0 Å². The molecule has 0 saturated heterocycles. The van der Waals surface area contributed by atoms with Crippen LogP contribution in [0.1, 0.15) is 57.0 Å². The summed E-state index contributed by atoms with van der Waals surface area (Å²) in [6, 6.07) is 0. The molecule has 0 atom stereocenters. The van der Waals surface area contributed by atoms with Gasteiger partial charge >= 0.3 is 0 Å². The Morgan fingerprint density at radius 2 is 1.79 bits per heavy atom. The van der Waals surface area contributed by atoms with E-state index in [1.54, 1.807) is 0 Å². The largest absolute Gasteiger partial charge is 0.372 e. The molecule has 1 aliphatic rings. The number of nitrogens with zero attached hydrogens (tertiary/aromatic N) is 2. The smallest absolute Gasteiger partial charge is 0.143 e. The molecule has 19 heavy (non-hydrogen) atoms. The summed E-state index contributed by atoms with van der Waals surface area (Å²) in [5.74, 6) is 4.29. The molecule has 1 aromatic rings. The van der Waals surface area contributed by atoms with Crippen LogP contribution in [0.15, 0.2) is 0 Å². The van der Waals surface area contributed by atoms with Gasteiger partial charge in [0.05, 0.1) is 9.26 Å². The molecule has 1 N–H and O–H groups in total. The highest BCUT2D eigenvalue weighted by Gasteiger charge is 2.26. The number of hydrogen-bond acceptors (Lipinski definition) is 3. The van der Waals surface area contributed by atoms with Crippen LogP contribution < -0.4 is 5.32 Å². The quantitative estimate of drug-likeness (QED) is 0.800. The van der Waals surface area contributed by atoms with Crippen molar-refractivity contribution < 1.29 is 0 Å². The van der Waals surface area contributed by atoms with E-state index in [9.17, 15) is 0 Å². The lowest BCUT2D eigenvalue weighted by molar-refractivity contribution is 0.254. The zero-order valence-corrected chi connectivity index (χ0v) is 14.5.